The third kappa shape index (κ3) is 2.36. The smallest absolute Gasteiger partial charge is 0.0396 e. The summed E-state index contributed by atoms with van der Waals surface area (Å²) < 4.78 is 0. The second kappa shape index (κ2) is 4.56. The quantitative estimate of drug-likeness (QED) is 0.739. The van der Waals surface area contributed by atoms with Crippen molar-refractivity contribution in [2.45, 2.75) is 25.6 Å². The topological polar surface area (TPSA) is 3.24 Å². The van der Waals surface area contributed by atoms with Crippen molar-refractivity contribution in [2.24, 2.45) is 5.92 Å². The highest BCUT2D eigenvalue weighted by atomic mass is 79.9. The zero-order chi connectivity index (χ0) is 10.8. The molecule has 1 aromatic rings. The van der Waals surface area contributed by atoms with Crippen LogP contribution >= 0.6 is 15.9 Å². The number of nitrogens with zero attached hydrogens (tertiary/aromatic N) is 1. The van der Waals surface area contributed by atoms with E-state index in [2.05, 4.69) is 52.9 Å². The van der Waals surface area contributed by atoms with Gasteiger partial charge in [-0.15, -0.1) is 0 Å². The van der Waals surface area contributed by atoms with E-state index < -0.39 is 0 Å². The van der Waals surface area contributed by atoms with Crippen LogP contribution in [0.4, 0.5) is 5.69 Å². The van der Waals surface area contributed by atoms with Crippen molar-refractivity contribution in [3.8, 4) is 0 Å². The van der Waals surface area contributed by atoms with Gasteiger partial charge in [0, 0.05) is 24.1 Å². The molecule has 1 heterocycles. The largest absolute Gasteiger partial charge is 0.371 e. The fourth-order valence-corrected chi connectivity index (χ4v) is 2.66. The summed E-state index contributed by atoms with van der Waals surface area (Å²) in [6.45, 7) is 6.98. The molecule has 0 N–H and O–H groups in total. The number of aryl methyl sites for hydroxylation is 1. The van der Waals surface area contributed by atoms with Crippen LogP contribution < -0.4 is 4.90 Å². The summed E-state index contributed by atoms with van der Waals surface area (Å²) in [7, 11) is 0. The van der Waals surface area contributed by atoms with E-state index in [-0.39, 0.29) is 0 Å². The van der Waals surface area contributed by atoms with E-state index in [1.54, 1.807) is 0 Å². The van der Waals surface area contributed by atoms with E-state index >= 15 is 0 Å². The van der Waals surface area contributed by atoms with Crippen LogP contribution in [-0.2, 0) is 5.33 Å². The fraction of sp³-hybridized carbons (Fsp3) is 0.538. The number of rotatable bonds is 2. The molecule has 2 rings (SSSR count). The van der Waals surface area contributed by atoms with Crippen LogP contribution in [0.2, 0.25) is 0 Å². The average Bonchev–Trinajstić information content (AvgIpc) is 2.64. The van der Waals surface area contributed by atoms with Crippen molar-refractivity contribution in [1.82, 2.24) is 0 Å². The molecule has 0 amide bonds. The Labute approximate surface area is 101 Å². The minimum Gasteiger partial charge on any atom is -0.371 e. The molecular weight excluding hydrogens is 250 g/mol. The Morgan fingerprint density at radius 3 is 2.80 bits per heavy atom. The molecule has 1 fully saturated rings. The molecule has 1 aromatic carbocycles. The van der Waals surface area contributed by atoms with Crippen molar-refractivity contribution < 1.29 is 0 Å². The van der Waals surface area contributed by atoms with Crippen LogP contribution in [0.15, 0.2) is 18.2 Å². The van der Waals surface area contributed by atoms with Gasteiger partial charge in [0.15, 0.2) is 0 Å². The Balaban J connectivity index is 2.21. The highest BCUT2D eigenvalue weighted by Gasteiger charge is 2.19. The van der Waals surface area contributed by atoms with E-state index in [0.717, 1.165) is 11.2 Å². The minimum absolute atomic E-state index is 0.847. The molecule has 0 spiro atoms. The standard InChI is InChI=1S/C13H18BrN/c1-10-5-6-15(9-10)13-4-3-12(8-14)7-11(13)2/h3-4,7,10H,5-6,8-9H2,1-2H3. The van der Waals surface area contributed by atoms with Gasteiger partial charge in [0.1, 0.15) is 0 Å². The second-order valence-corrected chi connectivity index (χ2v) is 5.16. The van der Waals surface area contributed by atoms with Gasteiger partial charge in [-0.05, 0) is 36.5 Å². The number of hydrogen-bond acceptors (Lipinski definition) is 1. The summed E-state index contributed by atoms with van der Waals surface area (Å²) in [6.07, 6.45) is 1.33. The lowest BCUT2D eigenvalue weighted by molar-refractivity contribution is 0.659. The number of benzene rings is 1. The maximum Gasteiger partial charge on any atom is 0.0396 e. The first-order valence-electron chi connectivity index (χ1n) is 5.61. The summed E-state index contributed by atoms with van der Waals surface area (Å²) in [6, 6.07) is 6.77. The van der Waals surface area contributed by atoms with E-state index in [4.69, 9.17) is 0 Å². The van der Waals surface area contributed by atoms with Crippen LogP contribution in [0.25, 0.3) is 0 Å². The maximum atomic E-state index is 3.50. The van der Waals surface area contributed by atoms with Gasteiger partial charge < -0.3 is 4.90 Å². The van der Waals surface area contributed by atoms with Crippen LogP contribution in [0.5, 0.6) is 0 Å². The molecular formula is C13H18BrN. The zero-order valence-corrected chi connectivity index (χ0v) is 11.0. The van der Waals surface area contributed by atoms with Crippen molar-refractivity contribution in [1.29, 1.82) is 0 Å². The number of hydrogen-bond donors (Lipinski definition) is 0. The van der Waals surface area contributed by atoms with Crippen LogP contribution in [0, 0.1) is 12.8 Å². The minimum atomic E-state index is 0.847. The first-order valence-corrected chi connectivity index (χ1v) is 6.73. The molecule has 0 aliphatic carbocycles. The number of halogens is 1. The van der Waals surface area contributed by atoms with Crippen molar-refractivity contribution >= 4 is 21.6 Å². The Morgan fingerprint density at radius 1 is 1.47 bits per heavy atom. The normalized spacial score (nSPS) is 21.0. The molecule has 15 heavy (non-hydrogen) atoms. The molecule has 0 radical (unpaired) electrons. The predicted molar refractivity (Wildman–Crippen MR) is 69.8 cm³/mol. The third-order valence-electron chi connectivity index (χ3n) is 3.18. The first-order chi connectivity index (χ1) is 7.20. The van der Waals surface area contributed by atoms with E-state index in [1.165, 1.54) is 36.3 Å². The molecule has 1 atom stereocenters. The molecule has 2 heteroatoms. The van der Waals surface area contributed by atoms with Gasteiger partial charge in [0.05, 0.1) is 0 Å². The first kappa shape index (κ1) is 11.0. The van der Waals surface area contributed by atoms with E-state index in [1.807, 2.05) is 0 Å². The monoisotopic (exact) mass is 267 g/mol. The molecule has 1 aliphatic heterocycles. The summed E-state index contributed by atoms with van der Waals surface area (Å²) >= 11 is 3.50. The van der Waals surface area contributed by atoms with Crippen molar-refractivity contribution in [3.05, 3.63) is 29.3 Å². The Morgan fingerprint density at radius 2 is 2.27 bits per heavy atom. The molecule has 0 aromatic heterocycles. The van der Waals surface area contributed by atoms with Crippen molar-refractivity contribution in [3.63, 3.8) is 0 Å². The van der Waals surface area contributed by atoms with Gasteiger partial charge in [0.25, 0.3) is 0 Å². The Kier molecular flexibility index (Phi) is 3.35. The molecule has 1 unspecified atom stereocenters. The van der Waals surface area contributed by atoms with Gasteiger partial charge in [-0.25, -0.2) is 0 Å². The van der Waals surface area contributed by atoms with Gasteiger partial charge in [-0.3, -0.25) is 0 Å². The van der Waals surface area contributed by atoms with E-state index in [9.17, 15) is 0 Å². The fourth-order valence-electron chi connectivity index (χ4n) is 2.31. The van der Waals surface area contributed by atoms with Crippen LogP contribution in [-0.4, -0.2) is 13.1 Å². The third-order valence-corrected chi connectivity index (χ3v) is 3.83. The van der Waals surface area contributed by atoms with Gasteiger partial charge in [-0.1, -0.05) is 35.0 Å². The van der Waals surface area contributed by atoms with Gasteiger partial charge in [0.2, 0.25) is 0 Å². The summed E-state index contributed by atoms with van der Waals surface area (Å²) in [4.78, 5) is 2.51. The molecule has 1 aliphatic rings. The predicted octanol–water partition coefficient (Wildman–Crippen LogP) is 3.74. The molecule has 82 valence electrons. The van der Waals surface area contributed by atoms with Crippen molar-refractivity contribution in [2.75, 3.05) is 18.0 Å². The van der Waals surface area contributed by atoms with Gasteiger partial charge >= 0.3 is 0 Å². The van der Waals surface area contributed by atoms with E-state index in [0.29, 0.717) is 0 Å². The highest BCUT2D eigenvalue weighted by Crippen LogP contribution is 2.27. The average molecular weight is 268 g/mol. The molecule has 0 saturated carbocycles. The maximum absolute atomic E-state index is 3.50. The summed E-state index contributed by atoms with van der Waals surface area (Å²) in [5.41, 5.74) is 4.19. The molecule has 1 saturated heterocycles. The lowest BCUT2D eigenvalue weighted by Gasteiger charge is -2.21. The number of anilines is 1. The SMILES string of the molecule is Cc1cc(CBr)ccc1N1CCC(C)C1. The second-order valence-electron chi connectivity index (χ2n) is 4.59. The lowest BCUT2D eigenvalue weighted by Crippen LogP contribution is -2.19. The Bertz CT molecular complexity index is 348. The Hall–Kier alpha value is -0.500. The zero-order valence-electron chi connectivity index (χ0n) is 9.46. The lowest BCUT2D eigenvalue weighted by atomic mass is 10.1. The summed E-state index contributed by atoms with van der Waals surface area (Å²) in [5, 5.41) is 0.949. The molecule has 1 nitrogen and oxygen atoms in total. The van der Waals surface area contributed by atoms with Crippen LogP contribution in [0.3, 0.4) is 0 Å². The highest BCUT2D eigenvalue weighted by molar-refractivity contribution is 9.08. The summed E-state index contributed by atoms with van der Waals surface area (Å²) in [5.74, 6) is 0.847. The van der Waals surface area contributed by atoms with Gasteiger partial charge in [-0.2, -0.15) is 0 Å². The number of alkyl halides is 1. The van der Waals surface area contributed by atoms with Crippen LogP contribution in [0.1, 0.15) is 24.5 Å². The molecule has 0 bridgehead atoms.